The Bertz CT molecular complexity index is 628. The summed E-state index contributed by atoms with van der Waals surface area (Å²) in [7, 11) is 0. The van der Waals surface area contributed by atoms with Gasteiger partial charge in [0.05, 0.1) is 0 Å². The van der Waals surface area contributed by atoms with Gasteiger partial charge in [-0.3, -0.25) is 4.79 Å². The number of benzene rings is 1. The zero-order chi connectivity index (χ0) is 17.2. The summed E-state index contributed by atoms with van der Waals surface area (Å²) in [5, 5.41) is 12.1. The van der Waals surface area contributed by atoms with Crippen LogP contribution in [0.5, 0.6) is 0 Å². The van der Waals surface area contributed by atoms with E-state index in [2.05, 4.69) is 32.3 Å². The van der Waals surface area contributed by atoms with Gasteiger partial charge in [-0.2, -0.15) is 5.26 Å². The van der Waals surface area contributed by atoms with Crippen LogP contribution in [-0.4, -0.2) is 23.9 Å². The maximum absolute atomic E-state index is 12.4. The molecule has 4 nitrogen and oxygen atoms in total. The van der Waals surface area contributed by atoms with Crippen molar-refractivity contribution in [3.05, 3.63) is 66.9 Å². The fourth-order valence-electron chi connectivity index (χ4n) is 2.14. The Kier molecular flexibility index (Phi) is 7.35. The Morgan fingerprint density at radius 2 is 1.91 bits per heavy atom. The van der Waals surface area contributed by atoms with Crippen molar-refractivity contribution in [3.8, 4) is 6.07 Å². The molecule has 0 aliphatic carbocycles. The summed E-state index contributed by atoms with van der Waals surface area (Å²) in [5.41, 5.74) is 1.81. The summed E-state index contributed by atoms with van der Waals surface area (Å²) in [6.07, 6.45) is 4.96. The number of hydrogen-bond acceptors (Lipinski definition) is 3. The van der Waals surface area contributed by atoms with Crippen molar-refractivity contribution in [3.63, 3.8) is 0 Å². The number of hydrogen-bond donors (Lipinski definition) is 1. The first-order valence-electron chi connectivity index (χ1n) is 7.51. The number of nitrogens with zero attached hydrogens (tertiary/aromatic N) is 2. The van der Waals surface area contributed by atoms with Crippen molar-refractivity contribution in [2.75, 3.05) is 18.4 Å². The van der Waals surface area contributed by atoms with Gasteiger partial charge in [0.15, 0.2) is 0 Å². The number of nitriles is 1. The van der Waals surface area contributed by atoms with Crippen LogP contribution >= 0.6 is 0 Å². The van der Waals surface area contributed by atoms with E-state index in [-0.39, 0.29) is 11.5 Å². The average Bonchev–Trinajstić information content (AvgIpc) is 2.53. The summed E-state index contributed by atoms with van der Waals surface area (Å²) >= 11 is 0. The third kappa shape index (κ3) is 5.48. The molecule has 0 saturated carbocycles. The van der Waals surface area contributed by atoms with Gasteiger partial charge in [0, 0.05) is 25.0 Å². The molecule has 0 aliphatic heterocycles. The lowest BCUT2D eigenvalue weighted by atomic mass is 10.0. The van der Waals surface area contributed by atoms with Crippen LogP contribution in [0.4, 0.5) is 5.69 Å². The Morgan fingerprint density at radius 1 is 1.30 bits per heavy atom. The predicted octanol–water partition coefficient (Wildman–Crippen LogP) is 3.83. The minimum atomic E-state index is -0.418. The van der Waals surface area contributed by atoms with E-state index < -0.39 is 5.91 Å². The molecule has 0 saturated heterocycles. The maximum atomic E-state index is 12.4. The third-order valence-electron chi connectivity index (χ3n) is 3.23. The molecule has 0 heterocycles. The molecule has 1 N–H and O–H groups in total. The molecule has 0 spiro atoms. The largest absolute Gasteiger partial charge is 0.369 e. The van der Waals surface area contributed by atoms with Crippen molar-refractivity contribution in [1.29, 1.82) is 5.26 Å². The van der Waals surface area contributed by atoms with Crippen LogP contribution in [0.25, 0.3) is 0 Å². The molecule has 0 aliphatic rings. The molecule has 4 heteroatoms. The number of nitrogens with one attached hydrogen (secondary N) is 1. The van der Waals surface area contributed by atoms with E-state index in [1.54, 1.807) is 17.1 Å². The zero-order valence-corrected chi connectivity index (χ0v) is 13.7. The molecule has 0 bridgehead atoms. The van der Waals surface area contributed by atoms with Crippen molar-refractivity contribution >= 4 is 11.6 Å². The number of amides is 1. The Hall–Kier alpha value is -2.80. The number of rotatable bonds is 8. The molecule has 1 aromatic rings. The van der Waals surface area contributed by atoms with Gasteiger partial charge in [-0.05, 0) is 17.5 Å². The average molecular weight is 309 g/mol. The maximum Gasteiger partial charge on any atom is 0.267 e. The quantitative estimate of drug-likeness (QED) is 0.451. The third-order valence-corrected chi connectivity index (χ3v) is 3.23. The van der Waals surface area contributed by atoms with E-state index in [0.717, 1.165) is 11.3 Å². The molecule has 120 valence electrons. The zero-order valence-electron chi connectivity index (χ0n) is 13.7. The second-order valence-corrected chi connectivity index (χ2v) is 5.38. The van der Waals surface area contributed by atoms with Gasteiger partial charge >= 0.3 is 0 Å². The van der Waals surface area contributed by atoms with E-state index >= 15 is 0 Å². The fourth-order valence-corrected chi connectivity index (χ4v) is 2.14. The molecule has 23 heavy (non-hydrogen) atoms. The lowest BCUT2D eigenvalue weighted by Crippen LogP contribution is -2.22. The Labute approximate surface area is 138 Å². The minimum Gasteiger partial charge on any atom is -0.369 e. The highest BCUT2D eigenvalue weighted by Gasteiger charge is 2.14. The van der Waals surface area contributed by atoms with Crippen LogP contribution in [0, 0.1) is 11.3 Å². The predicted molar refractivity (Wildman–Crippen MR) is 94.8 cm³/mol. The van der Waals surface area contributed by atoms with Crippen molar-refractivity contribution in [2.24, 2.45) is 0 Å². The van der Waals surface area contributed by atoms with Crippen molar-refractivity contribution in [2.45, 2.75) is 19.8 Å². The number of anilines is 1. The molecule has 0 unspecified atom stereocenters. The number of carbonyl (C=O) groups is 1. The van der Waals surface area contributed by atoms with Crippen LogP contribution in [0.1, 0.15) is 25.3 Å². The van der Waals surface area contributed by atoms with Gasteiger partial charge in [-0.25, -0.2) is 0 Å². The molecule has 1 amide bonds. The second-order valence-electron chi connectivity index (χ2n) is 5.38. The minimum absolute atomic E-state index is 0.0484. The number of para-hydroxylation sites is 1. The van der Waals surface area contributed by atoms with Crippen LogP contribution < -0.4 is 5.32 Å². The standard InChI is InChI=1S/C19H23N3O/c1-5-11-22(12-6-2)14-16(13-20)19(23)21-18-10-8-7-9-17(18)15(3)4/h5-10,14-15H,1-2,11-12H2,3-4H3,(H,21,23)/b16-14-. The first-order valence-corrected chi connectivity index (χ1v) is 7.51. The first-order chi connectivity index (χ1) is 11.0. The van der Waals surface area contributed by atoms with Gasteiger partial charge in [0.2, 0.25) is 0 Å². The molecule has 0 fully saturated rings. The van der Waals surface area contributed by atoms with Gasteiger partial charge in [-0.15, -0.1) is 13.2 Å². The summed E-state index contributed by atoms with van der Waals surface area (Å²) in [4.78, 5) is 14.2. The summed E-state index contributed by atoms with van der Waals surface area (Å²) < 4.78 is 0. The molecule has 1 aromatic carbocycles. The van der Waals surface area contributed by atoms with E-state index in [0.29, 0.717) is 13.1 Å². The van der Waals surface area contributed by atoms with Crippen LogP contribution in [0.3, 0.4) is 0 Å². The second kappa shape index (κ2) is 9.26. The SMILES string of the molecule is C=CCN(/C=C(/C#N)C(=O)Nc1ccccc1C(C)C)CC=C. The summed E-state index contributed by atoms with van der Waals surface area (Å²) in [6, 6.07) is 9.56. The van der Waals surface area contributed by atoms with E-state index in [1.807, 2.05) is 30.3 Å². The van der Waals surface area contributed by atoms with Gasteiger partial charge in [0.1, 0.15) is 11.6 Å². The highest BCUT2D eigenvalue weighted by Crippen LogP contribution is 2.24. The summed E-state index contributed by atoms with van der Waals surface area (Å²) in [5.74, 6) is -0.141. The van der Waals surface area contributed by atoms with E-state index in [4.69, 9.17) is 0 Å². The van der Waals surface area contributed by atoms with Crippen LogP contribution in [0.2, 0.25) is 0 Å². The van der Waals surface area contributed by atoms with Crippen LogP contribution in [-0.2, 0) is 4.79 Å². The fraction of sp³-hybridized carbons (Fsp3) is 0.263. The van der Waals surface area contributed by atoms with Crippen LogP contribution in [0.15, 0.2) is 61.3 Å². The lowest BCUT2D eigenvalue weighted by molar-refractivity contribution is -0.112. The molecule has 0 radical (unpaired) electrons. The summed E-state index contributed by atoms with van der Waals surface area (Å²) in [6.45, 7) is 12.5. The highest BCUT2D eigenvalue weighted by molar-refractivity contribution is 6.06. The van der Waals surface area contributed by atoms with Gasteiger partial charge in [0.25, 0.3) is 5.91 Å². The lowest BCUT2D eigenvalue weighted by Gasteiger charge is -2.17. The van der Waals surface area contributed by atoms with Gasteiger partial charge in [-0.1, -0.05) is 44.2 Å². The molecule has 0 atom stereocenters. The first kappa shape index (κ1) is 18.2. The topological polar surface area (TPSA) is 56.1 Å². The number of carbonyl (C=O) groups excluding carboxylic acids is 1. The van der Waals surface area contributed by atoms with Crippen molar-refractivity contribution < 1.29 is 4.79 Å². The van der Waals surface area contributed by atoms with Gasteiger partial charge < -0.3 is 10.2 Å². The highest BCUT2D eigenvalue weighted by atomic mass is 16.1. The smallest absolute Gasteiger partial charge is 0.267 e. The van der Waals surface area contributed by atoms with E-state index in [1.165, 1.54) is 6.20 Å². The molecular formula is C19H23N3O. The Morgan fingerprint density at radius 3 is 2.43 bits per heavy atom. The monoisotopic (exact) mass is 309 g/mol. The Balaban J connectivity index is 3.00. The van der Waals surface area contributed by atoms with E-state index in [9.17, 15) is 10.1 Å². The molecule has 0 aromatic heterocycles. The van der Waals surface area contributed by atoms with Crippen molar-refractivity contribution in [1.82, 2.24) is 4.90 Å². The molecule has 1 rings (SSSR count). The normalized spacial score (nSPS) is 10.8. The molecular weight excluding hydrogens is 286 g/mol.